The van der Waals surface area contributed by atoms with Crippen molar-refractivity contribution in [2.75, 3.05) is 19.8 Å². The highest BCUT2D eigenvalue weighted by Gasteiger charge is 2.21. The van der Waals surface area contributed by atoms with Crippen LogP contribution in [0.15, 0.2) is 0 Å². The van der Waals surface area contributed by atoms with Crippen molar-refractivity contribution in [1.29, 1.82) is 0 Å². The van der Waals surface area contributed by atoms with E-state index in [0.717, 1.165) is 19.8 Å². The maximum Gasteiger partial charge on any atom is 0.104 e. The van der Waals surface area contributed by atoms with E-state index < -0.39 is 0 Å². The summed E-state index contributed by atoms with van der Waals surface area (Å²) in [6.07, 6.45) is 1.69. The van der Waals surface area contributed by atoms with Gasteiger partial charge in [-0.25, -0.2) is 0 Å². The summed E-state index contributed by atoms with van der Waals surface area (Å²) in [5, 5.41) is 0. The van der Waals surface area contributed by atoms with Gasteiger partial charge in [0.05, 0.1) is 13.2 Å². The average Bonchev–Trinajstić information content (AvgIpc) is 2.95. The lowest BCUT2D eigenvalue weighted by molar-refractivity contribution is 0.117. The van der Waals surface area contributed by atoms with Gasteiger partial charge in [0, 0.05) is 15.4 Å². The molecule has 1 fully saturated rings. The third kappa shape index (κ3) is 5.44. The number of hydrogen-bond acceptors (Lipinski definition) is 2. The van der Waals surface area contributed by atoms with Crippen molar-refractivity contribution in [2.24, 2.45) is 0 Å². The minimum atomic E-state index is -0.0194. The molecule has 0 saturated carbocycles. The monoisotopic (exact) mass is 201 g/mol. The van der Waals surface area contributed by atoms with Crippen molar-refractivity contribution in [3.63, 3.8) is 0 Å². The number of hydrogen-bond donors (Lipinski definition) is 0. The third-order valence-corrected chi connectivity index (χ3v) is 5.59. The largest absolute Gasteiger partial charge is 0.379 e. The average molecular weight is 201 g/mol. The van der Waals surface area contributed by atoms with Crippen LogP contribution in [0, 0.1) is 0 Å². The van der Waals surface area contributed by atoms with Crippen LogP contribution < -0.4 is 0 Å². The van der Waals surface area contributed by atoms with Crippen molar-refractivity contribution < 1.29 is 9.47 Å². The summed E-state index contributed by atoms with van der Waals surface area (Å²) in [5.41, 5.74) is 0. The second-order valence-electron chi connectivity index (χ2n) is 3.59. The highest BCUT2D eigenvalue weighted by molar-refractivity contribution is 6.58. The Kier molecular flexibility index (Phi) is 5.67. The van der Waals surface area contributed by atoms with Gasteiger partial charge in [-0.1, -0.05) is 32.0 Å². The second-order valence-corrected chi connectivity index (χ2v) is 7.01. The Morgan fingerprint density at radius 1 is 1.38 bits per heavy atom. The van der Waals surface area contributed by atoms with Crippen molar-refractivity contribution in [2.45, 2.75) is 44.5 Å². The quantitative estimate of drug-likeness (QED) is 0.341. The summed E-state index contributed by atoms with van der Waals surface area (Å²) in [7, 11) is -0.0194. The molecule has 1 aliphatic rings. The van der Waals surface area contributed by atoms with Gasteiger partial charge in [0.15, 0.2) is 0 Å². The molecule has 1 saturated heterocycles. The van der Waals surface area contributed by atoms with Crippen molar-refractivity contribution in [3.05, 3.63) is 0 Å². The molecule has 0 spiro atoms. The summed E-state index contributed by atoms with van der Waals surface area (Å²) in [6.45, 7) is 7.31. The van der Waals surface area contributed by atoms with Gasteiger partial charge in [-0.2, -0.15) is 0 Å². The summed E-state index contributed by atoms with van der Waals surface area (Å²) in [6, 6.07) is 4.24. The molecule has 0 aromatic heterocycles. The molecule has 77 valence electrons. The van der Waals surface area contributed by atoms with Crippen LogP contribution in [0.4, 0.5) is 0 Å². The Labute approximate surface area is 83.2 Å². The Morgan fingerprint density at radius 2 is 2.08 bits per heavy atom. The summed E-state index contributed by atoms with van der Waals surface area (Å²) in [5.74, 6) is 0. The van der Waals surface area contributed by atoms with Crippen LogP contribution in [-0.2, 0) is 9.47 Å². The number of epoxide rings is 1. The smallest absolute Gasteiger partial charge is 0.104 e. The van der Waals surface area contributed by atoms with Crippen LogP contribution >= 0.6 is 0 Å². The van der Waals surface area contributed by atoms with E-state index in [1.807, 2.05) is 0 Å². The standard InChI is InChI=1S/C10H21O2Si/c1-3-13(4-2)7-5-6-11-8-10-9-12-10/h10H,3-9H2,1-2H3. The number of rotatable bonds is 8. The maximum atomic E-state index is 5.49. The molecule has 1 unspecified atom stereocenters. The first-order chi connectivity index (χ1) is 6.36. The first-order valence-corrected chi connectivity index (χ1v) is 7.51. The Balaban J connectivity index is 1.81. The summed E-state index contributed by atoms with van der Waals surface area (Å²) in [4.78, 5) is 0. The van der Waals surface area contributed by atoms with Gasteiger partial charge < -0.3 is 9.47 Å². The van der Waals surface area contributed by atoms with Gasteiger partial charge in [-0.15, -0.1) is 0 Å². The normalized spacial score (nSPS) is 21.0. The molecule has 3 heteroatoms. The molecule has 0 aliphatic carbocycles. The lowest BCUT2D eigenvalue weighted by atomic mass is 10.5. The predicted octanol–water partition coefficient (Wildman–Crippen LogP) is 2.33. The first kappa shape index (κ1) is 11.2. The minimum Gasteiger partial charge on any atom is -0.379 e. The van der Waals surface area contributed by atoms with Crippen LogP contribution in [-0.4, -0.2) is 34.7 Å². The van der Waals surface area contributed by atoms with E-state index >= 15 is 0 Å². The van der Waals surface area contributed by atoms with E-state index in [9.17, 15) is 0 Å². The van der Waals surface area contributed by atoms with Gasteiger partial charge in [0.2, 0.25) is 0 Å². The van der Waals surface area contributed by atoms with Gasteiger partial charge in [0.25, 0.3) is 0 Å². The molecule has 1 aliphatic heterocycles. The van der Waals surface area contributed by atoms with E-state index in [-0.39, 0.29) is 8.80 Å². The van der Waals surface area contributed by atoms with Gasteiger partial charge >= 0.3 is 0 Å². The van der Waals surface area contributed by atoms with Crippen LogP contribution in [0.25, 0.3) is 0 Å². The minimum absolute atomic E-state index is 0.0194. The zero-order chi connectivity index (χ0) is 9.52. The first-order valence-electron chi connectivity index (χ1n) is 5.39. The van der Waals surface area contributed by atoms with E-state index in [4.69, 9.17) is 9.47 Å². The van der Waals surface area contributed by atoms with E-state index in [1.54, 1.807) is 0 Å². The lowest BCUT2D eigenvalue weighted by Gasteiger charge is -2.09. The zero-order valence-electron chi connectivity index (χ0n) is 8.84. The molecule has 1 rings (SSSR count). The molecular formula is C10H21O2Si. The molecule has 0 N–H and O–H groups in total. The Hall–Kier alpha value is 0.137. The zero-order valence-corrected chi connectivity index (χ0v) is 9.84. The van der Waals surface area contributed by atoms with Crippen molar-refractivity contribution in [1.82, 2.24) is 0 Å². The topological polar surface area (TPSA) is 21.8 Å². The van der Waals surface area contributed by atoms with E-state index in [0.29, 0.717) is 6.10 Å². The molecule has 1 atom stereocenters. The summed E-state index contributed by atoms with van der Waals surface area (Å²) < 4.78 is 10.5. The third-order valence-electron chi connectivity index (χ3n) is 2.53. The van der Waals surface area contributed by atoms with Gasteiger partial charge in [-0.05, 0) is 6.42 Å². The number of ether oxygens (including phenoxy) is 2. The SMILES string of the molecule is CC[Si](CC)CCCOCC1CO1. The van der Waals surface area contributed by atoms with E-state index in [1.165, 1.54) is 24.6 Å². The maximum absolute atomic E-state index is 5.49. The van der Waals surface area contributed by atoms with Crippen LogP contribution in [0.1, 0.15) is 20.3 Å². The summed E-state index contributed by atoms with van der Waals surface area (Å²) >= 11 is 0. The molecular weight excluding hydrogens is 180 g/mol. The highest BCUT2D eigenvalue weighted by atomic mass is 28.3. The lowest BCUT2D eigenvalue weighted by Crippen LogP contribution is -2.10. The molecule has 0 bridgehead atoms. The molecule has 0 aromatic carbocycles. The molecule has 0 amide bonds. The Morgan fingerprint density at radius 3 is 2.62 bits per heavy atom. The molecule has 1 radical (unpaired) electrons. The van der Waals surface area contributed by atoms with Crippen molar-refractivity contribution in [3.8, 4) is 0 Å². The highest BCUT2D eigenvalue weighted by Crippen LogP contribution is 2.10. The van der Waals surface area contributed by atoms with Crippen LogP contribution in [0.3, 0.4) is 0 Å². The fourth-order valence-electron chi connectivity index (χ4n) is 1.41. The molecule has 13 heavy (non-hydrogen) atoms. The van der Waals surface area contributed by atoms with Crippen LogP contribution in [0.5, 0.6) is 0 Å². The molecule has 0 aromatic rings. The predicted molar refractivity (Wildman–Crippen MR) is 56.7 cm³/mol. The fraction of sp³-hybridized carbons (Fsp3) is 1.00. The second kappa shape index (κ2) is 6.57. The van der Waals surface area contributed by atoms with Gasteiger partial charge in [0.1, 0.15) is 6.10 Å². The molecule has 1 heterocycles. The molecule has 2 nitrogen and oxygen atoms in total. The Bertz CT molecular complexity index is 122. The van der Waals surface area contributed by atoms with Crippen molar-refractivity contribution >= 4 is 8.80 Å². The van der Waals surface area contributed by atoms with Gasteiger partial charge in [-0.3, -0.25) is 0 Å². The van der Waals surface area contributed by atoms with Crippen LogP contribution in [0.2, 0.25) is 18.1 Å². The fourth-order valence-corrected chi connectivity index (χ4v) is 3.26. The van der Waals surface area contributed by atoms with E-state index in [2.05, 4.69) is 13.8 Å².